The van der Waals surface area contributed by atoms with E-state index in [1.54, 1.807) is 19.1 Å². The highest BCUT2D eigenvalue weighted by molar-refractivity contribution is 5.96. The van der Waals surface area contributed by atoms with Gasteiger partial charge in [0.25, 0.3) is 5.91 Å². The van der Waals surface area contributed by atoms with Gasteiger partial charge < -0.3 is 16.0 Å². The van der Waals surface area contributed by atoms with E-state index in [9.17, 15) is 9.59 Å². The summed E-state index contributed by atoms with van der Waals surface area (Å²) in [7, 11) is 0. The average molecular weight is 292 g/mol. The largest absolute Gasteiger partial charge is 0.370 e. The molecule has 1 aromatic rings. The Hall–Kier alpha value is -2.11. The molecule has 0 bridgehead atoms. The van der Waals surface area contributed by atoms with Crippen molar-refractivity contribution in [2.75, 3.05) is 18.4 Å². The molecule has 1 aromatic heterocycles. The van der Waals surface area contributed by atoms with Crippen molar-refractivity contribution < 1.29 is 9.59 Å². The van der Waals surface area contributed by atoms with Crippen molar-refractivity contribution in [1.29, 1.82) is 0 Å². The second-order valence-corrected chi connectivity index (χ2v) is 4.82. The Morgan fingerprint density at radius 2 is 1.90 bits per heavy atom. The summed E-state index contributed by atoms with van der Waals surface area (Å²) < 4.78 is 0. The van der Waals surface area contributed by atoms with Crippen molar-refractivity contribution in [2.45, 2.75) is 39.7 Å². The van der Waals surface area contributed by atoms with Crippen molar-refractivity contribution in [3.8, 4) is 0 Å². The van der Waals surface area contributed by atoms with Gasteiger partial charge in [0, 0.05) is 13.1 Å². The minimum atomic E-state index is -0.585. The average Bonchev–Trinajstić information content (AvgIpc) is 2.50. The van der Waals surface area contributed by atoms with Crippen LogP contribution >= 0.6 is 0 Å². The molecule has 3 N–H and O–H groups in total. The van der Waals surface area contributed by atoms with E-state index in [0.717, 1.165) is 19.4 Å². The predicted molar refractivity (Wildman–Crippen MR) is 83.2 cm³/mol. The molecule has 6 nitrogen and oxygen atoms in total. The van der Waals surface area contributed by atoms with E-state index in [-0.39, 0.29) is 11.8 Å². The van der Waals surface area contributed by atoms with Crippen LogP contribution in [0.15, 0.2) is 18.2 Å². The van der Waals surface area contributed by atoms with Gasteiger partial charge in [-0.15, -0.1) is 0 Å². The fraction of sp³-hybridized carbons (Fsp3) is 0.533. The summed E-state index contributed by atoms with van der Waals surface area (Å²) in [5, 5.41) is 8.51. The first-order valence-corrected chi connectivity index (χ1v) is 7.38. The molecule has 0 fully saturated rings. The second kappa shape index (κ2) is 8.94. The lowest BCUT2D eigenvalue weighted by Crippen LogP contribution is -2.45. The number of hydrogen-bond donors (Lipinski definition) is 3. The van der Waals surface area contributed by atoms with Crippen LogP contribution in [0.25, 0.3) is 0 Å². The Morgan fingerprint density at radius 3 is 2.57 bits per heavy atom. The molecule has 0 saturated heterocycles. The Morgan fingerprint density at radius 1 is 1.19 bits per heavy atom. The van der Waals surface area contributed by atoms with Crippen molar-refractivity contribution >= 4 is 17.6 Å². The number of carbonyl (C=O) groups excluding carboxylic acids is 2. The van der Waals surface area contributed by atoms with E-state index in [1.807, 2.05) is 13.0 Å². The Bertz CT molecular complexity index is 476. The maximum Gasteiger partial charge on any atom is 0.270 e. The normalized spacial score (nSPS) is 11.6. The molecule has 0 aliphatic rings. The zero-order valence-electron chi connectivity index (χ0n) is 12.9. The number of carbonyl (C=O) groups is 2. The lowest BCUT2D eigenvalue weighted by molar-refractivity contribution is -0.122. The molecule has 0 radical (unpaired) electrons. The number of rotatable bonds is 8. The molecule has 0 spiro atoms. The smallest absolute Gasteiger partial charge is 0.270 e. The van der Waals surface area contributed by atoms with Gasteiger partial charge in [-0.25, -0.2) is 4.98 Å². The van der Waals surface area contributed by atoms with E-state index in [2.05, 4.69) is 27.9 Å². The number of pyridine rings is 1. The molecule has 0 aromatic carbocycles. The minimum Gasteiger partial charge on any atom is -0.370 e. The quantitative estimate of drug-likeness (QED) is 0.679. The second-order valence-electron chi connectivity index (χ2n) is 4.82. The van der Waals surface area contributed by atoms with Gasteiger partial charge in [0.2, 0.25) is 5.91 Å². The third-order valence-corrected chi connectivity index (χ3v) is 2.83. The maximum absolute atomic E-state index is 12.1. The molecule has 1 unspecified atom stereocenters. The van der Waals surface area contributed by atoms with E-state index < -0.39 is 6.04 Å². The lowest BCUT2D eigenvalue weighted by Gasteiger charge is -2.14. The molecule has 0 aliphatic heterocycles. The number of nitrogens with one attached hydrogen (secondary N) is 3. The van der Waals surface area contributed by atoms with Gasteiger partial charge in [-0.2, -0.15) is 0 Å². The number of aromatic nitrogens is 1. The van der Waals surface area contributed by atoms with E-state index in [0.29, 0.717) is 18.1 Å². The molecule has 1 rings (SSSR count). The zero-order valence-corrected chi connectivity index (χ0v) is 12.9. The Kier molecular flexibility index (Phi) is 7.21. The number of amides is 2. The molecule has 116 valence electrons. The Balaban J connectivity index is 2.60. The van der Waals surface area contributed by atoms with Crippen molar-refractivity contribution in [1.82, 2.24) is 15.6 Å². The summed E-state index contributed by atoms with van der Waals surface area (Å²) in [6.07, 6.45) is 1.84. The SMILES string of the molecule is CCCNC(=O)C(C)NC(=O)c1cccc(NCCC)n1. The van der Waals surface area contributed by atoms with Crippen LogP contribution in [0.2, 0.25) is 0 Å². The first-order valence-electron chi connectivity index (χ1n) is 7.38. The van der Waals surface area contributed by atoms with Crippen molar-refractivity contribution in [3.05, 3.63) is 23.9 Å². The molecular weight excluding hydrogens is 268 g/mol. The van der Waals surface area contributed by atoms with Crippen LogP contribution in [0.5, 0.6) is 0 Å². The van der Waals surface area contributed by atoms with Gasteiger partial charge in [-0.3, -0.25) is 9.59 Å². The monoisotopic (exact) mass is 292 g/mol. The van der Waals surface area contributed by atoms with Gasteiger partial charge in [-0.05, 0) is 31.9 Å². The van der Waals surface area contributed by atoms with Gasteiger partial charge in [0.15, 0.2) is 0 Å². The highest BCUT2D eigenvalue weighted by atomic mass is 16.2. The third kappa shape index (κ3) is 5.81. The van der Waals surface area contributed by atoms with Crippen molar-refractivity contribution in [2.24, 2.45) is 0 Å². The summed E-state index contributed by atoms with van der Waals surface area (Å²) in [5.74, 6) is 0.118. The van der Waals surface area contributed by atoms with Crippen molar-refractivity contribution in [3.63, 3.8) is 0 Å². The van der Waals surface area contributed by atoms with Gasteiger partial charge in [-0.1, -0.05) is 19.9 Å². The van der Waals surface area contributed by atoms with Crippen LogP contribution in [0.3, 0.4) is 0 Å². The number of hydrogen-bond acceptors (Lipinski definition) is 4. The summed E-state index contributed by atoms with van der Waals surface area (Å²) >= 11 is 0. The van der Waals surface area contributed by atoms with Gasteiger partial charge in [0.1, 0.15) is 17.6 Å². The van der Waals surface area contributed by atoms with Crippen LogP contribution < -0.4 is 16.0 Å². The molecule has 1 atom stereocenters. The van der Waals surface area contributed by atoms with E-state index >= 15 is 0 Å². The summed E-state index contributed by atoms with van der Waals surface area (Å²) in [6.45, 7) is 7.09. The highest BCUT2D eigenvalue weighted by Gasteiger charge is 2.16. The third-order valence-electron chi connectivity index (χ3n) is 2.83. The van der Waals surface area contributed by atoms with Gasteiger partial charge in [0.05, 0.1) is 0 Å². The Labute approximate surface area is 125 Å². The fourth-order valence-electron chi connectivity index (χ4n) is 1.65. The fourth-order valence-corrected chi connectivity index (χ4v) is 1.65. The van der Waals surface area contributed by atoms with Crippen LogP contribution in [0.4, 0.5) is 5.82 Å². The van der Waals surface area contributed by atoms with E-state index in [4.69, 9.17) is 0 Å². The minimum absolute atomic E-state index is 0.189. The molecule has 6 heteroatoms. The predicted octanol–water partition coefficient (Wildman–Crippen LogP) is 1.55. The highest BCUT2D eigenvalue weighted by Crippen LogP contribution is 2.05. The summed E-state index contributed by atoms with van der Waals surface area (Å²) in [6, 6.07) is 4.62. The van der Waals surface area contributed by atoms with Gasteiger partial charge >= 0.3 is 0 Å². The summed E-state index contributed by atoms with van der Waals surface area (Å²) in [5.41, 5.74) is 0.297. The molecule has 0 saturated carbocycles. The van der Waals surface area contributed by atoms with Crippen LogP contribution in [-0.4, -0.2) is 35.9 Å². The lowest BCUT2D eigenvalue weighted by atomic mass is 10.2. The standard InChI is InChI=1S/C15H24N4O2/c1-4-9-16-13-8-6-7-12(19-13)15(21)18-11(3)14(20)17-10-5-2/h6-8,11H,4-5,9-10H2,1-3H3,(H,16,19)(H,17,20)(H,18,21). The van der Waals surface area contributed by atoms with Crippen LogP contribution in [0.1, 0.15) is 44.1 Å². The topological polar surface area (TPSA) is 83.1 Å². The summed E-state index contributed by atoms with van der Waals surface area (Å²) in [4.78, 5) is 28.0. The molecule has 2 amide bonds. The maximum atomic E-state index is 12.1. The van der Waals surface area contributed by atoms with Crippen LogP contribution in [0, 0.1) is 0 Å². The zero-order chi connectivity index (χ0) is 15.7. The number of nitrogens with zero attached hydrogens (tertiary/aromatic N) is 1. The number of anilines is 1. The first-order chi connectivity index (χ1) is 10.1. The first kappa shape index (κ1) is 16.9. The molecular formula is C15H24N4O2. The molecule has 0 aliphatic carbocycles. The molecule has 1 heterocycles. The van der Waals surface area contributed by atoms with E-state index in [1.165, 1.54) is 0 Å². The molecule has 21 heavy (non-hydrogen) atoms. The van der Waals surface area contributed by atoms with Crippen LogP contribution in [-0.2, 0) is 4.79 Å².